The van der Waals surface area contributed by atoms with Crippen molar-refractivity contribution < 1.29 is 14.3 Å². The maximum Gasteiger partial charge on any atom is 0.234 e. The van der Waals surface area contributed by atoms with Gasteiger partial charge in [-0.3, -0.25) is 4.79 Å². The molecule has 4 rings (SSSR count). The van der Waals surface area contributed by atoms with Crippen LogP contribution in [0.15, 0.2) is 30.3 Å². The largest absolute Gasteiger partial charge is 0.454 e. The number of fused-ring (bicyclic) bond motifs is 1. The predicted octanol–water partition coefficient (Wildman–Crippen LogP) is 3.90. The van der Waals surface area contributed by atoms with E-state index in [4.69, 9.17) is 21.1 Å². The van der Waals surface area contributed by atoms with Crippen LogP contribution >= 0.6 is 34.7 Å². The van der Waals surface area contributed by atoms with Gasteiger partial charge in [0.25, 0.3) is 0 Å². The van der Waals surface area contributed by atoms with E-state index >= 15 is 0 Å². The van der Waals surface area contributed by atoms with Crippen molar-refractivity contribution in [3.63, 3.8) is 0 Å². The summed E-state index contributed by atoms with van der Waals surface area (Å²) in [5.41, 5.74) is 1.03. The van der Waals surface area contributed by atoms with Crippen molar-refractivity contribution in [2.75, 3.05) is 12.5 Å². The number of thioether (sulfide) groups is 1. The molecule has 0 bridgehead atoms. The molecule has 1 unspecified atom stereocenters. The first-order chi connectivity index (χ1) is 10.7. The quantitative estimate of drug-likeness (QED) is 0.838. The Morgan fingerprint density at radius 3 is 2.91 bits per heavy atom. The highest BCUT2D eigenvalue weighted by atomic mass is 35.5. The van der Waals surface area contributed by atoms with Gasteiger partial charge in [-0.2, -0.15) is 0 Å². The molecule has 2 aliphatic heterocycles. The highest BCUT2D eigenvalue weighted by Crippen LogP contribution is 2.43. The molecule has 1 saturated heterocycles. The standard InChI is InChI=1S/C15H12ClNO3S2/c16-13-4-3-12(22-13)15-17(14(18)7-21-15)6-9-1-2-10-11(5-9)20-8-19-10/h1-5,15H,6-8H2. The van der Waals surface area contributed by atoms with Crippen LogP contribution in [0.4, 0.5) is 0 Å². The van der Waals surface area contributed by atoms with Gasteiger partial charge in [0.15, 0.2) is 11.5 Å². The summed E-state index contributed by atoms with van der Waals surface area (Å²) in [5.74, 6) is 2.15. The zero-order valence-corrected chi connectivity index (χ0v) is 13.8. The number of benzene rings is 1. The highest BCUT2D eigenvalue weighted by Gasteiger charge is 2.34. The lowest BCUT2D eigenvalue weighted by Crippen LogP contribution is -2.27. The molecular formula is C15H12ClNO3S2. The van der Waals surface area contributed by atoms with Crippen LogP contribution in [0.25, 0.3) is 0 Å². The minimum atomic E-state index is 0.0374. The fourth-order valence-electron chi connectivity index (χ4n) is 2.56. The third kappa shape index (κ3) is 2.55. The summed E-state index contributed by atoms with van der Waals surface area (Å²) in [6, 6.07) is 9.68. The van der Waals surface area contributed by atoms with Gasteiger partial charge in [-0.15, -0.1) is 23.1 Å². The van der Waals surface area contributed by atoms with Crippen molar-refractivity contribution in [3.8, 4) is 11.5 Å². The van der Waals surface area contributed by atoms with Gasteiger partial charge in [0.05, 0.1) is 10.1 Å². The van der Waals surface area contributed by atoms with Gasteiger partial charge in [-0.05, 0) is 29.8 Å². The number of ether oxygens (including phenoxy) is 2. The van der Waals surface area contributed by atoms with E-state index in [1.807, 2.05) is 35.2 Å². The van der Waals surface area contributed by atoms with E-state index in [-0.39, 0.29) is 18.1 Å². The van der Waals surface area contributed by atoms with Crippen LogP contribution in [-0.2, 0) is 11.3 Å². The molecule has 22 heavy (non-hydrogen) atoms. The van der Waals surface area contributed by atoms with Crippen molar-refractivity contribution in [1.82, 2.24) is 4.90 Å². The molecule has 0 aliphatic carbocycles. The number of hydrogen-bond acceptors (Lipinski definition) is 5. The zero-order chi connectivity index (χ0) is 15.1. The molecule has 114 valence electrons. The second-order valence-corrected chi connectivity index (χ2v) is 7.83. The maximum absolute atomic E-state index is 12.2. The van der Waals surface area contributed by atoms with Gasteiger partial charge in [-0.1, -0.05) is 17.7 Å². The SMILES string of the molecule is O=C1CSC(c2ccc(Cl)s2)N1Cc1ccc2c(c1)OCO2. The Hall–Kier alpha value is -1.37. The Labute approximate surface area is 141 Å². The van der Waals surface area contributed by atoms with E-state index in [0.717, 1.165) is 26.3 Å². The normalized spacial score (nSPS) is 20.0. The fourth-order valence-corrected chi connectivity index (χ4v) is 5.04. The van der Waals surface area contributed by atoms with E-state index in [1.165, 1.54) is 11.3 Å². The van der Waals surface area contributed by atoms with Crippen LogP contribution in [0.5, 0.6) is 11.5 Å². The van der Waals surface area contributed by atoms with Crippen molar-refractivity contribution in [2.45, 2.75) is 11.9 Å². The molecule has 0 N–H and O–H groups in total. The van der Waals surface area contributed by atoms with Crippen molar-refractivity contribution in [2.24, 2.45) is 0 Å². The van der Waals surface area contributed by atoms with Crippen molar-refractivity contribution >= 4 is 40.6 Å². The van der Waals surface area contributed by atoms with Crippen LogP contribution in [0.2, 0.25) is 4.34 Å². The topological polar surface area (TPSA) is 38.8 Å². The highest BCUT2D eigenvalue weighted by molar-refractivity contribution is 8.00. The smallest absolute Gasteiger partial charge is 0.234 e. The maximum atomic E-state index is 12.2. The zero-order valence-electron chi connectivity index (χ0n) is 11.5. The molecular weight excluding hydrogens is 342 g/mol. The molecule has 1 fully saturated rings. The number of nitrogens with zero attached hydrogens (tertiary/aromatic N) is 1. The average Bonchev–Trinajstić information content (AvgIpc) is 3.20. The van der Waals surface area contributed by atoms with Gasteiger partial charge in [0.1, 0.15) is 5.37 Å². The number of halogens is 1. The molecule has 2 aliphatic rings. The number of rotatable bonds is 3. The first kappa shape index (κ1) is 14.2. The lowest BCUT2D eigenvalue weighted by atomic mass is 10.2. The Balaban J connectivity index is 1.58. The van der Waals surface area contributed by atoms with Gasteiger partial charge >= 0.3 is 0 Å². The van der Waals surface area contributed by atoms with E-state index in [0.29, 0.717) is 12.3 Å². The van der Waals surface area contributed by atoms with Gasteiger partial charge in [-0.25, -0.2) is 0 Å². The molecule has 7 heteroatoms. The van der Waals surface area contributed by atoms with Crippen LogP contribution in [-0.4, -0.2) is 23.4 Å². The lowest BCUT2D eigenvalue weighted by molar-refractivity contribution is -0.128. The summed E-state index contributed by atoms with van der Waals surface area (Å²) in [6.07, 6.45) is 0. The molecule has 1 aromatic heterocycles. The average molecular weight is 354 g/mol. The lowest BCUT2D eigenvalue weighted by Gasteiger charge is -2.23. The minimum Gasteiger partial charge on any atom is -0.454 e. The predicted molar refractivity (Wildman–Crippen MR) is 87.6 cm³/mol. The Kier molecular flexibility index (Phi) is 3.68. The van der Waals surface area contributed by atoms with Crippen molar-refractivity contribution in [1.29, 1.82) is 0 Å². The first-order valence-electron chi connectivity index (χ1n) is 6.75. The molecule has 4 nitrogen and oxygen atoms in total. The van der Waals surface area contributed by atoms with Gasteiger partial charge in [0.2, 0.25) is 12.7 Å². The summed E-state index contributed by atoms with van der Waals surface area (Å²) in [6.45, 7) is 0.816. The molecule has 1 amide bonds. The third-order valence-electron chi connectivity index (χ3n) is 3.60. The number of carbonyl (C=O) groups is 1. The van der Waals surface area contributed by atoms with Crippen LogP contribution in [0.3, 0.4) is 0 Å². The van der Waals surface area contributed by atoms with Crippen LogP contribution in [0, 0.1) is 0 Å². The number of carbonyl (C=O) groups excluding carboxylic acids is 1. The van der Waals surface area contributed by atoms with E-state index < -0.39 is 0 Å². The monoisotopic (exact) mass is 353 g/mol. The van der Waals surface area contributed by atoms with E-state index in [9.17, 15) is 4.79 Å². The summed E-state index contributed by atoms with van der Waals surface area (Å²) in [7, 11) is 0. The summed E-state index contributed by atoms with van der Waals surface area (Å²) < 4.78 is 11.5. The summed E-state index contributed by atoms with van der Waals surface area (Å²) in [5, 5.41) is 0.0374. The molecule has 1 aromatic carbocycles. The molecule has 2 aromatic rings. The number of hydrogen-bond donors (Lipinski definition) is 0. The third-order valence-corrected chi connectivity index (χ3v) is 6.27. The Morgan fingerprint density at radius 2 is 2.09 bits per heavy atom. The number of amides is 1. The Bertz CT molecular complexity index is 733. The summed E-state index contributed by atoms with van der Waals surface area (Å²) in [4.78, 5) is 15.2. The summed E-state index contributed by atoms with van der Waals surface area (Å²) >= 11 is 9.19. The molecule has 1 atom stereocenters. The minimum absolute atomic E-state index is 0.0374. The first-order valence-corrected chi connectivity index (χ1v) is 9.00. The molecule has 3 heterocycles. The fraction of sp³-hybridized carbons (Fsp3) is 0.267. The van der Waals surface area contributed by atoms with Crippen LogP contribution in [0.1, 0.15) is 15.8 Å². The van der Waals surface area contributed by atoms with Crippen molar-refractivity contribution in [3.05, 3.63) is 45.1 Å². The van der Waals surface area contributed by atoms with Gasteiger partial charge < -0.3 is 14.4 Å². The van der Waals surface area contributed by atoms with Crippen LogP contribution < -0.4 is 9.47 Å². The number of thiophene rings is 1. The van der Waals surface area contributed by atoms with E-state index in [2.05, 4.69) is 0 Å². The van der Waals surface area contributed by atoms with Gasteiger partial charge in [0, 0.05) is 11.4 Å². The molecule has 0 spiro atoms. The second-order valence-electron chi connectivity index (χ2n) is 5.01. The molecule has 0 saturated carbocycles. The molecule has 0 radical (unpaired) electrons. The second kappa shape index (κ2) is 5.68. The Morgan fingerprint density at radius 1 is 1.23 bits per heavy atom. The van der Waals surface area contributed by atoms with E-state index in [1.54, 1.807) is 11.8 Å².